The first-order chi connectivity index (χ1) is 12.4. The molecule has 1 heterocycles. The molecule has 0 spiro atoms. The number of nitrogens with one attached hydrogen (secondary N) is 1. The summed E-state index contributed by atoms with van der Waals surface area (Å²) in [6, 6.07) is 6.23. The molecule has 2 aromatic rings. The standard InChI is InChI=1S/C18H13Cl3N2O3/c19-8-4-5-11(12(20)6-8)16-10-3-1-2-9(10)15-17(22-16)14(24)7-13(21)18(15)23(25)26/h1-2,4-7,9-10,16,22,24H,3H2/t9-,10-,16-/m0/s1. The van der Waals surface area contributed by atoms with Crippen LogP contribution in [0.1, 0.15) is 29.5 Å². The van der Waals surface area contributed by atoms with Crippen molar-refractivity contribution in [2.45, 2.75) is 18.4 Å². The minimum absolute atomic E-state index is 0.0118. The van der Waals surface area contributed by atoms with Crippen LogP contribution < -0.4 is 5.32 Å². The molecule has 0 fully saturated rings. The van der Waals surface area contributed by atoms with E-state index in [1.807, 2.05) is 18.2 Å². The molecule has 4 rings (SSSR count). The Kier molecular flexibility index (Phi) is 4.26. The first kappa shape index (κ1) is 17.5. The molecule has 3 atom stereocenters. The molecule has 0 radical (unpaired) electrons. The molecule has 0 bridgehead atoms. The number of nitro groups is 1. The normalized spacial score (nSPS) is 23.3. The SMILES string of the molecule is O=[N+]([O-])c1c(Cl)cc(O)c2c1[C@H]1C=CC[C@@H]1[C@@H](c1ccc(Cl)cc1Cl)N2. The third kappa shape index (κ3) is 2.62. The molecule has 1 aliphatic heterocycles. The first-order valence-corrected chi connectivity index (χ1v) is 9.09. The summed E-state index contributed by atoms with van der Waals surface area (Å²) in [6.45, 7) is 0. The highest BCUT2D eigenvalue weighted by molar-refractivity contribution is 6.35. The largest absolute Gasteiger partial charge is 0.506 e. The molecule has 0 saturated heterocycles. The van der Waals surface area contributed by atoms with E-state index in [1.165, 1.54) is 6.07 Å². The van der Waals surface area contributed by atoms with Gasteiger partial charge in [0, 0.05) is 22.0 Å². The number of hydrogen-bond acceptors (Lipinski definition) is 4. The van der Waals surface area contributed by atoms with E-state index < -0.39 is 4.92 Å². The molecule has 5 nitrogen and oxygen atoms in total. The lowest BCUT2D eigenvalue weighted by atomic mass is 9.76. The van der Waals surface area contributed by atoms with Crippen molar-refractivity contribution in [3.05, 3.63) is 72.7 Å². The lowest BCUT2D eigenvalue weighted by molar-refractivity contribution is -0.385. The highest BCUT2D eigenvalue weighted by atomic mass is 35.5. The van der Waals surface area contributed by atoms with Crippen molar-refractivity contribution in [3.63, 3.8) is 0 Å². The minimum atomic E-state index is -0.499. The van der Waals surface area contributed by atoms with Crippen molar-refractivity contribution in [2.24, 2.45) is 5.92 Å². The number of halogens is 3. The molecule has 2 aromatic carbocycles. The molecule has 134 valence electrons. The first-order valence-electron chi connectivity index (χ1n) is 7.96. The second-order valence-corrected chi connectivity index (χ2v) is 7.66. The van der Waals surface area contributed by atoms with Crippen LogP contribution in [-0.4, -0.2) is 10.0 Å². The molecular formula is C18H13Cl3N2O3. The van der Waals surface area contributed by atoms with Gasteiger partial charge in [-0.15, -0.1) is 0 Å². The Balaban J connectivity index is 1.91. The topological polar surface area (TPSA) is 75.4 Å². The van der Waals surface area contributed by atoms with Gasteiger partial charge in [-0.05, 0) is 30.0 Å². The van der Waals surface area contributed by atoms with E-state index in [0.29, 0.717) is 21.3 Å². The molecule has 1 aliphatic carbocycles. The number of allylic oxidation sites excluding steroid dienone is 2. The monoisotopic (exact) mass is 410 g/mol. The Labute approximate surface area is 164 Å². The van der Waals surface area contributed by atoms with Crippen molar-refractivity contribution >= 4 is 46.2 Å². The van der Waals surface area contributed by atoms with Gasteiger partial charge >= 0.3 is 0 Å². The maximum absolute atomic E-state index is 11.6. The minimum Gasteiger partial charge on any atom is -0.506 e. The molecule has 2 N–H and O–H groups in total. The van der Waals surface area contributed by atoms with Gasteiger partial charge in [0.15, 0.2) is 0 Å². The maximum atomic E-state index is 11.6. The van der Waals surface area contributed by atoms with Gasteiger partial charge in [-0.3, -0.25) is 10.1 Å². The van der Waals surface area contributed by atoms with Gasteiger partial charge in [-0.2, -0.15) is 0 Å². The quantitative estimate of drug-likeness (QED) is 0.271. The Morgan fingerprint density at radius 1 is 1.19 bits per heavy atom. The zero-order valence-corrected chi connectivity index (χ0v) is 15.5. The number of fused-ring (bicyclic) bond motifs is 3. The van der Waals surface area contributed by atoms with Crippen molar-refractivity contribution in [3.8, 4) is 5.75 Å². The van der Waals surface area contributed by atoms with E-state index in [-0.39, 0.29) is 34.3 Å². The molecule has 2 aliphatic rings. The summed E-state index contributed by atoms with van der Waals surface area (Å²) in [4.78, 5) is 11.1. The second-order valence-electron chi connectivity index (χ2n) is 6.41. The number of phenols is 1. The third-order valence-corrected chi connectivity index (χ3v) is 5.88. The smallest absolute Gasteiger partial charge is 0.293 e. The van der Waals surface area contributed by atoms with Crippen molar-refractivity contribution in [1.82, 2.24) is 0 Å². The Morgan fingerprint density at radius 2 is 1.96 bits per heavy atom. The number of anilines is 1. The van der Waals surface area contributed by atoms with Crippen LogP contribution >= 0.6 is 34.8 Å². The van der Waals surface area contributed by atoms with Gasteiger partial charge in [0.2, 0.25) is 0 Å². The Morgan fingerprint density at radius 3 is 2.65 bits per heavy atom. The van der Waals surface area contributed by atoms with E-state index in [0.717, 1.165) is 12.0 Å². The van der Waals surface area contributed by atoms with Crippen LogP contribution in [-0.2, 0) is 0 Å². The molecule has 26 heavy (non-hydrogen) atoms. The lowest BCUT2D eigenvalue weighted by Crippen LogP contribution is -2.30. The number of rotatable bonds is 2. The Hall–Kier alpha value is -1.95. The van der Waals surface area contributed by atoms with Gasteiger partial charge in [0.1, 0.15) is 10.8 Å². The molecule has 0 unspecified atom stereocenters. The Bertz CT molecular complexity index is 961. The maximum Gasteiger partial charge on any atom is 0.293 e. The molecule has 0 saturated carbocycles. The van der Waals surface area contributed by atoms with Gasteiger partial charge in [-0.1, -0.05) is 53.0 Å². The molecule has 8 heteroatoms. The fraction of sp³-hybridized carbons (Fsp3) is 0.222. The zero-order chi connectivity index (χ0) is 18.6. The number of hydrogen-bond donors (Lipinski definition) is 2. The summed E-state index contributed by atoms with van der Waals surface area (Å²) < 4.78 is 0. The number of phenolic OH excluding ortho intramolecular Hbond substituents is 1. The van der Waals surface area contributed by atoms with Crippen LogP contribution in [0.2, 0.25) is 15.1 Å². The number of benzene rings is 2. The highest BCUT2D eigenvalue weighted by Gasteiger charge is 2.44. The summed E-state index contributed by atoms with van der Waals surface area (Å²) in [6.07, 6.45) is 4.65. The van der Waals surface area contributed by atoms with Crippen LogP contribution in [0.5, 0.6) is 5.75 Å². The summed E-state index contributed by atoms with van der Waals surface area (Å²) in [5.74, 6) is -0.352. The van der Waals surface area contributed by atoms with Crippen molar-refractivity contribution < 1.29 is 10.0 Å². The van der Waals surface area contributed by atoms with Crippen LogP contribution in [0.4, 0.5) is 11.4 Å². The fourth-order valence-electron chi connectivity index (χ4n) is 3.96. The number of nitro benzene ring substituents is 1. The average molecular weight is 412 g/mol. The van der Waals surface area contributed by atoms with Gasteiger partial charge < -0.3 is 10.4 Å². The zero-order valence-electron chi connectivity index (χ0n) is 13.2. The number of nitrogens with zero attached hydrogens (tertiary/aromatic N) is 1. The predicted octanol–water partition coefficient (Wildman–Crippen LogP) is 6.09. The van der Waals surface area contributed by atoms with Crippen LogP contribution in [0, 0.1) is 16.0 Å². The van der Waals surface area contributed by atoms with Crippen LogP contribution in [0.3, 0.4) is 0 Å². The summed E-state index contributed by atoms with van der Waals surface area (Å²) >= 11 is 18.4. The fourth-order valence-corrected chi connectivity index (χ4v) is 4.76. The van der Waals surface area contributed by atoms with Gasteiger partial charge in [0.05, 0.1) is 22.2 Å². The van der Waals surface area contributed by atoms with Crippen molar-refractivity contribution in [1.29, 1.82) is 0 Å². The second kappa shape index (κ2) is 6.34. The van der Waals surface area contributed by atoms with E-state index in [9.17, 15) is 15.2 Å². The highest BCUT2D eigenvalue weighted by Crippen LogP contribution is 2.56. The van der Waals surface area contributed by atoms with E-state index >= 15 is 0 Å². The molecular weight excluding hydrogens is 399 g/mol. The number of aromatic hydroxyl groups is 1. The summed E-state index contributed by atoms with van der Waals surface area (Å²) in [5.41, 5.74) is 1.40. The van der Waals surface area contributed by atoms with E-state index in [4.69, 9.17) is 34.8 Å². The van der Waals surface area contributed by atoms with E-state index in [2.05, 4.69) is 5.32 Å². The average Bonchev–Trinajstić information content (AvgIpc) is 3.04. The summed E-state index contributed by atoms with van der Waals surface area (Å²) in [7, 11) is 0. The summed E-state index contributed by atoms with van der Waals surface area (Å²) in [5, 5.41) is 26.2. The van der Waals surface area contributed by atoms with Gasteiger partial charge in [0.25, 0.3) is 5.69 Å². The molecule has 0 aromatic heterocycles. The van der Waals surface area contributed by atoms with Crippen LogP contribution in [0.25, 0.3) is 0 Å². The third-order valence-electron chi connectivity index (χ3n) is 5.02. The van der Waals surface area contributed by atoms with Crippen molar-refractivity contribution in [2.75, 3.05) is 5.32 Å². The van der Waals surface area contributed by atoms with E-state index in [1.54, 1.807) is 12.1 Å². The van der Waals surface area contributed by atoms with Crippen LogP contribution in [0.15, 0.2) is 36.4 Å². The predicted molar refractivity (Wildman–Crippen MR) is 103 cm³/mol. The lowest BCUT2D eigenvalue weighted by Gasteiger charge is -2.37. The van der Waals surface area contributed by atoms with Gasteiger partial charge in [-0.25, -0.2) is 0 Å². The molecule has 0 amide bonds.